The van der Waals surface area contributed by atoms with Crippen molar-refractivity contribution < 1.29 is 73.3 Å². The zero-order chi connectivity index (χ0) is 46.6. The van der Waals surface area contributed by atoms with Crippen molar-refractivity contribution in [2.24, 2.45) is 23.7 Å². The Kier molecular flexibility index (Phi) is 10.7. The lowest BCUT2D eigenvalue weighted by molar-refractivity contribution is -0.143. The summed E-state index contributed by atoms with van der Waals surface area (Å²) in [7, 11) is 2.41. The second-order valence-electron chi connectivity index (χ2n) is 15.5. The van der Waals surface area contributed by atoms with Crippen molar-refractivity contribution in [2.45, 2.75) is 42.7 Å². The number of phenols is 1. The minimum atomic E-state index is -5.33. The third-order valence-corrected chi connectivity index (χ3v) is 12.8. The minimum absolute atomic E-state index is 0.121. The van der Waals surface area contributed by atoms with Crippen LogP contribution in [-0.4, -0.2) is 52.9 Å². The van der Waals surface area contributed by atoms with Crippen molar-refractivity contribution in [1.29, 1.82) is 0 Å². The maximum absolute atomic E-state index is 15.4. The van der Waals surface area contributed by atoms with Crippen LogP contribution >= 0.6 is 23.2 Å². The van der Waals surface area contributed by atoms with Gasteiger partial charge in [-0.25, -0.2) is 9.88 Å². The average molecular weight is 944 g/mol. The predicted octanol–water partition coefficient (Wildman–Crippen LogP) is 9.36. The normalized spacial score (nSPS) is 24.6. The van der Waals surface area contributed by atoms with E-state index in [4.69, 9.17) is 32.7 Å². The molecule has 1 saturated carbocycles. The quantitative estimate of drug-likeness (QED) is 0.106. The topological polar surface area (TPSA) is 138 Å². The summed E-state index contributed by atoms with van der Waals surface area (Å²) in [5.41, 5.74) is -4.92. The van der Waals surface area contributed by atoms with E-state index in [0.29, 0.717) is 17.3 Å². The number of alkyl halides is 9. The minimum Gasteiger partial charge on any atom is -0.502 e. The number of pyridine rings is 1. The van der Waals surface area contributed by atoms with E-state index in [1.165, 1.54) is 56.7 Å². The first kappa shape index (κ1) is 44.6. The number of methoxy groups -OCH3 is 2. The lowest BCUT2D eigenvalue weighted by Gasteiger charge is -2.50. The molecule has 2 aliphatic carbocycles. The summed E-state index contributed by atoms with van der Waals surface area (Å²) in [5.74, 6) is -12.8. The van der Waals surface area contributed by atoms with Gasteiger partial charge in [-0.2, -0.15) is 44.5 Å². The monoisotopic (exact) mass is 942 g/mol. The molecule has 8 rings (SSSR count). The molecule has 3 heterocycles. The number of fused-ring (bicyclic) bond motifs is 4. The van der Waals surface area contributed by atoms with E-state index in [2.05, 4.69) is 10.4 Å². The van der Waals surface area contributed by atoms with E-state index >= 15 is 4.79 Å². The lowest BCUT2D eigenvalue weighted by Crippen LogP contribution is -2.53. The number of amides is 4. The van der Waals surface area contributed by atoms with E-state index in [1.54, 1.807) is 0 Å². The number of aromatic hydroxyl groups is 1. The number of carbonyl (C=O) groups excluding carboxylic acids is 4. The van der Waals surface area contributed by atoms with E-state index in [1.807, 2.05) is 0 Å². The van der Waals surface area contributed by atoms with Gasteiger partial charge in [0.25, 0.3) is 11.8 Å². The number of benzene rings is 3. The number of phenolic OH excluding ortho intramolecular Hbond substituents is 1. The molecule has 2 aliphatic heterocycles. The number of nitrogens with one attached hydrogen (secondary N) is 1. The van der Waals surface area contributed by atoms with Crippen molar-refractivity contribution in [1.82, 2.24) is 9.99 Å². The van der Waals surface area contributed by atoms with Gasteiger partial charge in [0.2, 0.25) is 17.6 Å². The SMILES string of the molecule is COc1cc(C2C3=CCC4C(=O)N(c5cc(C(F)(F)F)cc(C(F)(F)F)c5)C(=O)C4C3CC3C(=O)N(Nc4ncc(C(F)(F)F)cc4Cl)C(=O)C32c2ccc(Cl)cc2)cc(OC)c1O. The number of halogens is 11. The number of rotatable bonds is 7. The number of allylic oxidation sites excluding steroid dienone is 2. The van der Waals surface area contributed by atoms with Gasteiger partial charge in [0.05, 0.1) is 64.8 Å². The maximum atomic E-state index is 15.4. The number of ether oxygens (including phenoxy) is 2. The molecule has 4 aromatic rings. The molecule has 2 N–H and O–H groups in total. The Labute approximate surface area is 365 Å². The summed E-state index contributed by atoms with van der Waals surface area (Å²) in [6, 6.07) is 9.23. The Morgan fingerprint density at radius 3 is 1.88 bits per heavy atom. The molecule has 6 unspecified atom stereocenters. The molecule has 64 heavy (non-hydrogen) atoms. The zero-order valence-corrected chi connectivity index (χ0v) is 34.1. The van der Waals surface area contributed by atoms with Gasteiger partial charge in [0, 0.05) is 17.1 Å². The van der Waals surface area contributed by atoms with Crippen LogP contribution in [-0.2, 0) is 43.1 Å². The highest BCUT2D eigenvalue weighted by Gasteiger charge is 2.70. The molecule has 22 heteroatoms. The molecule has 4 aliphatic rings. The van der Waals surface area contributed by atoms with Crippen LogP contribution in [0.4, 0.5) is 51.0 Å². The lowest BCUT2D eigenvalue weighted by atomic mass is 9.49. The molecule has 4 amide bonds. The largest absolute Gasteiger partial charge is 0.502 e. The number of hydrogen-bond acceptors (Lipinski definition) is 9. The van der Waals surface area contributed by atoms with Gasteiger partial charge >= 0.3 is 18.5 Å². The van der Waals surface area contributed by atoms with Gasteiger partial charge in [-0.1, -0.05) is 47.0 Å². The van der Waals surface area contributed by atoms with Gasteiger partial charge < -0.3 is 14.6 Å². The van der Waals surface area contributed by atoms with Gasteiger partial charge in [-0.3, -0.25) is 24.6 Å². The molecule has 3 fully saturated rings. The first-order valence-corrected chi connectivity index (χ1v) is 19.6. The Morgan fingerprint density at radius 2 is 1.34 bits per heavy atom. The standard InChI is InChI=1S/C42H29Cl2F9N4O7/c1-63-29-9-17(10-30(64-2)33(29)58)32-24-7-8-25-31(37(61)56(35(25)59)23-12-19(40(45,46)47)11-20(13-23)41(48,49)50)26(24)15-27-36(60)57(38(62)39(27,32)18-3-5-22(43)6-4-18)55-34-28(44)14-21(16-54-34)42(51,52)53/h3-7,9-14,16,25-27,31-32,58H,8,15H2,1-2H3,(H,54,55). The number of aromatic nitrogens is 1. The van der Waals surface area contributed by atoms with Crippen LogP contribution in [0.15, 0.2) is 78.5 Å². The average Bonchev–Trinajstić information content (AvgIpc) is 3.61. The first-order chi connectivity index (χ1) is 29.9. The third-order valence-electron chi connectivity index (χ3n) is 12.2. The highest BCUT2D eigenvalue weighted by atomic mass is 35.5. The Morgan fingerprint density at radius 1 is 0.766 bits per heavy atom. The Hall–Kier alpha value is -6.02. The van der Waals surface area contributed by atoms with Gasteiger partial charge in [0.1, 0.15) is 0 Å². The van der Waals surface area contributed by atoms with Crippen LogP contribution in [0.2, 0.25) is 10.0 Å². The van der Waals surface area contributed by atoms with Crippen LogP contribution < -0.4 is 19.8 Å². The second-order valence-corrected chi connectivity index (χ2v) is 16.3. The summed E-state index contributed by atoms with van der Waals surface area (Å²) in [4.78, 5) is 63.2. The molecule has 11 nitrogen and oxygen atoms in total. The molecule has 3 aromatic carbocycles. The Balaban J connectivity index is 1.33. The second kappa shape index (κ2) is 15.3. The molecule has 0 bridgehead atoms. The van der Waals surface area contributed by atoms with Crippen LogP contribution in [0.3, 0.4) is 0 Å². The number of anilines is 2. The van der Waals surface area contributed by atoms with Crippen molar-refractivity contribution in [3.8, 4) is 17.2 Å². The van der Waals surface area contributed by atoms with Gasteiger partial charge in [0.15, 0.2) is 17.3 Å². The number of imide groups is 2. The Bertz CT molecular complexity index is 2620. The summed E-state index contributed by atoms with van der Waals surface area (Å²) in [6.45, 7) is 0. The van der Waals surface area contributed by atoms with Crippen LogP contribution in [0.25, 0.3) is 0 Å². The molecule has 6 atom stereocenters. The predicted molar refractivity (Wildman–Crippen MR) is 207 cm³/mol. The summed E-state index contributed by atoms with van der Waals surface area (Å²) in [5, 5.41) is 11.0. The molecular weight excluding hydrogens is 914 g/mol. The van der Waals surface area contributed by atoms with Crippen molar-refractivity contribution in [2.75, 3.05) is 24.5 Å². The third kappa shape index (κ3) is 6.96. The highest BCUT2D eigenvalue weighted by molar-refractivity contribution is 6.33. The molecule has 2 saturated heterocycles. The number of hydrazine groups is 1. The number of nitrogens with zero attached hydrogens (tertiary/aromatic N) is 3. The smallest absolute Gasteiger partial charge is 0.417 e. The fourth-order valence-electron chi connectivity index (χ4n) is 9.56. The van der Waals surface area contributed by atoms with E-state index in [9.17, 15) is 59.0 Å². The van der Waals surface area contributed by atoms with Crippen LogP contribution in [0.5, 0.6) is 17.2 Å². The zero-order valence-electron chi connectivity index (χ0n) is 32.6. The van der Waals surface area contributed by atoms with Crippen molar-refractivity contribution >= 4 is 58.3 Å². The van der Waals surface area contributed by atoms with Gasteiger partial charge in [-0.05, 0) is 78.4 Å². The van der Waals surface area contributed by atoms with E-state index in [0.717, 1.165) is 0 Å². The highest BCUT2D eigenvalue weighted by Crippen LogP contribution is 2.65. The summed E-state index contributed by atoms with van der Waals surface area (Å²) >= 11 is 12.5. The van der Waals surface area contributed by atoms with E-state index in [-0.39, 0.29) is 62.7 Å². The molecule has 0 radical (unpaired) electrons. The molecule has 0 spiro atoms. The number of hydrogen-bond donors (Lipinski definition) is 2. The van der Waals surface area contributed by atoms with Crippen molar-refractivity contribution in [3.05, 3.63) is 116 Å². The molecular formula is C42H29Cl2F9N4O7. The maximum Gasteiger partial charge on any atom is 0.417 e. The molecule has 1 aromatic heterocycles. The first-order valence-electron chi connectivity index (χ1n) is 18.9. The molecule has 336 valence electrons. The van der Waals surface area contributed by atoms with Gasteiger partial charge in [-0.15, -0.1) is 0 Å². The fourth-order valence-corrected chi connectivity index (χ4v) is 9.89. The summed E-state index contributed by atoms with van der Waals surface area (Å²) in [6.07, 6.45) is -14.4. The van der Waals surface area contributed by atoms with Crippen LogP contribution in [0, 0.1) is 23.7 Å². The van der Waals surface area contributed by atoms with Crippen molar-refractivity contribution in [3.63, 3.8) is 0 Å². The van der Waals surface area contributed by atoms with E-state index < -0.39 is 123 Å². The fraction of sp³-hybridized carbons (Fsp3) is 0.310. The van der Waals surface area contributed by atoms with Crippen LogP contribution in [0.1, 0.15) is 46.6 Å². The summed E-state index contributed by atoms with van der Waals surface area (Å²) < 4.78 is 135. The number of carbonyl (C=O) groups is 4.